The van der Waals surface area contributed by atoms with Crippen molar-refractivity contribution in [3.8, 4) is 0 Å². The van der Waals surface area contributed by atoms with E-state index in [4.69, 9.17) is 12.2 Å². The fraction of sp³-hybridized carbons (Fsp3) is 0.462. The van der Waals surface area contributed by atoms with Gasteiger partial charge in [-0.2, -0.15) is 0 Å². The zero-order chi connectivity index (χ0) is 12.0. The van der Waals surface area contributed by atoms with Crippen molar-refractivity contribution in [2.45, 2.75) is 38.1 Å². The smallest absolute Gasteiger partial charge is 0.178 e. The summed E-state index contributed by atoms with van der Waals surface area (Å²) < 4.78 is 16.2. The second kappa shape index (κ2) is 3.67. The zero-order valence-corrected chi connectivity index (χ0v) is 10.6. The van der Waals surface area contributed by atoms with Crippen LogP contribution in [0.2, 0.25) is 0 Å². The van der Waals surface area contributed by atoms with Gasteiger partial charge in [0.25, 0.3) is 0 Å². The average molecular weight is 250 g/mol. The first-order chi connectivity index (χ1) is 8.10. The summed E-state index contributed by atoms with van der Waals surface area (Å²) in [5, 5.41) is 0. The van der Waals surface area contributed by atoms with Crippen LogP contribution in [0.1, 0.15) is 32.6 Å². The number of rotatable bonds is 1. The van der Waals surface area contributed by atoms with Crippen molar-refractivity contribution in [2.75, 3.05) is 0 Å². The van der Waals surface area contributed by atoms with Gasteiger partial charge in [-0.1, -0.05) is 12.8 Å². The summed E-state index contributed by atoms with van der Waals surface area (Å²) in [5.41, 5.74) is 1.85. The van der Waals surface area contributed by atoms with Gasteiger partial charge in [-0.05, 0) is 50.2 Å². The number of imidazole rings is 1. The second-order valence-corrected chi connectivity index (χ2v) is 5.52. The van der Waals surface area contributed by atoms with Gasteiger partial charge in [-0.25, -0.2) is 4.39 Å². The number of aromatic amines is 1. The van der Waals surface area contributed by atoms with E-state index in [1.165, 1.54) is 18.9 Å². The van der Waals surface area contributed by atoms with Crippen LogP contribution >= 0.6 is 12.2 Å². The molecule has 17 heavy (non-hydrogen) atoms. The number of H-pyrrole nitrogens is 1. The number of nitrogens with zero attached hydrogens (tertiary/aromatic N) is 1. The van der Waals surface area contributed by atoms with Crippen LogP contribution in [0.5, 0.6) is 0 Å². The molecule has 0 amide bonds. The topological polar surface area (TPSA) is 20.7 Å². The van der Waals surface area contributed by atoms with E-state index in [0.717, 1.165) is 23.9 Å². The Morgan fingerprint density at radius 2 is 2.06 bits per heavy atom. The molecule has 0 bridgehead atoms. The molecule has 1 aliphatic rings. The zero-order valence-electron chi connectivity index (χ0n) is 9.79. The van der Waals surface area contributed by atoms with Crippen LogP contribution in [-0.4, -0.2) is 9.55 Å². The molecule has 1 fully saturated rings. The lowest BCUT2D eigenvalue weighted by atomic mass is 10.0. The van der Waals surface area contributed by atoms with Crippen LogP contribution in [0.4, 0.5) is 4.39 Å². The maximum Gasteiger partial charge on any atom is 0.178 e. The molecule has 0 saturated heterocycles. The molecule has 0 unspecified atom stereocenters. The molecule has 4 heteroatoms. The molecule has 0 aliphatic heterocycles. The summed E-state index contributed by atoms with van der Waals surface area (Å²) >= 11 is 5.39. The summed E-state index contributed by atoms with van der Waals surface area (Å²) in [6, 6.07) is 4.80. The highest BCUT2D eigenvalue weighted by molar-refractivity contribution is 7.71. The Labute approximate surface area is 104 Å². The third kappa shape index (κ3) is 1.62. The molecule has 90 valence electrons. The number of fused-ring (bicyclic) bond motifs is 1. The average Bonchev–Trinajstić information content (AvgIpc) is 2.82. The summed E-state index contributed by atoms with van der Waals surface area (Å²) in [6.45, 7) is 2.22. The van der Waals surface area contributed by atoms with Gasteiger partial charge in [-0.3, -0.25) is 0 Å². The molecule has 1 saturated carbocycles. The highest BCUT2D eigenvalue weighted by Gasteiger charge is 2.32. The molecular formula is C13H15FN2S. The lowest BCUT2D eigenvalue weighted by Gasteiger charge is -2.26. The van der Waals surface area contributed by atoms with Gasteiger partial charge in [0.1, 0.15) is 5.82 Å². The minimum atomic E-state index is -0.207. The van der Waals surface area contributed by atoms with E-state index in [1.54, 1.807) is 12.1 Å². The van der Waals surface area contributed by atoms with Crippen LogP contribution < -0.4 is 0 Å². The molecule has 2 nitrogen and oxygen atoms in total. The molecule has 0 radical (unpaired) electrons. The standard InChI is InChI=1S/C13H15FN2S/c1-13(6-2-3-7-13)16-11-8-9(14)4-5-10(11)15-12(16)17/h4-5,8H,2-3,6-7H2,1H3,(H,15,17). The Hall–Kier alpha value is -1.16. The summed E-state index contributed by atoms with van der Waals surface area (Å²) in [7, 11) is 0. The van der Waals surface area contributed by atoms with Crippen LogP contribution in [0.25, 0.3) is 11.0 Å². The Morgan fingerprint density at radius 1 is 1.35 bits per heavy atom. The SMILES string of the molecule is CC1(n2c(=S)[nH]c3ccc(F)cc32)CCCC1. The number of benzene rings is 1. The van der Waals surface area contributed by atoms with E-state index in [1.807, 2.05) is 0 Å². The third-order valence-electron chi connectivity index (χ3n) is 3.87. The number of halogens is 1. The van der Waals surface area contributed by atoms with Gasteiger partial charge in [0.2, 0.25) is 0 Å². The molecule has 2 aromatic rings. The van der Waals surface area contributed by atoms with E-state index < -0.39 is 0 Å². The Balaban J connectivity index is 2.31. The van der Waals surface area contributed by atoms with Crippen molar-refractivity contribution in [3.05, 3.63) is 28.8 Å². The lowest BCUT2D eigenvalue weighted by molar-refractivity contribution is 0.335. The Morgan fingerprint density at radius 3 is 2.76 bits per heavy atom. The highest BCUT2D eigenvalue weighted by Crippen LogP contribution is 2.38. The first-order valence-electron chi connectivity index (χ1n) is 6.01. The quantitative estimate of drug-likeness (QED) is 0.755. The largest absolute Gasteiger partial charge is 0.331 e. The van der Waals surface area contributed by atoms with Gasteiger partial charge in [0.05, 0.1) is 11.0 Å². The van der Waals surface area contributed by atoms with Gasteiger partial charge in [-0.15, -0.1) is 0 Å². The molecule has 1 N–H and O–H groups in total. The van der Waals surface area contributed by atoms with Gasteiger partial charge >= 0.3 is 0 Å². The maximum absolute atomic E-state index is 13.4. The molecule has 0 atom stereocenters. The minimum Gasteiger partial charge on any atom is -0.331 e. The molecule has 1 heterocycles. The fourth-order valence-corrected chi connectivity index (χ4v) is 3.40. The number of hydrogen-bond donors (Lipinski definition) is 1. The predicted molar refractivity (Wildman–Crippen MR) is 69.2 cm³/mol. The van der Waals surface area contributed by atoms with Crippen LogP contribution in [-0.2, 0) is 5.54 Å². The van der Waals surface area contributed by atoms with E-state index in [0.29, 0.717) is 4.77 Å². The van der Waals surface area contributed by atoms with E-state index in [2.05, 4.69) is 16.5 Å². The number of nitrogens with one attached hydrogen (secondary N) is 1. The van der Waals surface area contributed by atoms with Crippen molar-refractivity contribution in [3.63, 3.8) is 0 Å². The van der Waals surface area contributed by atoms with Crippen molar-refractivity contribution in [1.82, 2.24) is 9.55 Å². The second-order valence-electron chi connectivity index (χ2n) is 5.13. The number of aromatic nitrogens is 2. The van der Waals surface area contributed by atoms with Gasteiger partial charge in [0.15, 0.2) is 4.77 Å². The molecule has 1 aliphatic carbocycles. The molecule has 3 rings (SSSR count). The van der Waals surface area contributed by atoms with Gasteiger partial charge < -0.3 is 9.55 Å². The molecular weight excluding hydrogens is 235 g/mol. The maximum atomic E-state index is 13.4. The van der Waals surface area contributed by atoms with Gasteiger partial charge in [0, 0.05) is 5.54 Å². The third-order valence-corrected chi connectivity index (χ3v) is 4.15. The molecule has 1 aromatic carbocycles. The van der Waals surface area contributed by atoms with Crippen molar-refractivity contribution < 1.29 is 4.39 Å². The first kappa shape index (κ1) is 11.0. The van der Waals surface area contributed by atoms with E-state index in [9.17, 15) is 4.39 Å². The predicted octanol–water partition coefficient (Wildman–Crippen LogP) is 4.13. The van der Waals surface area contributed by atoms with Crippen LogP contribution in [0, 0.1) is 10.6 Å². The van der Waals surface area contributed by atoms with E-state index in [-0.39, 0.29) is 11.4 Å². The minimum absolute atomic E-state index is 0.0448. The monoisotopic (exact) mass is 250 g/mol. The Kier molecular flexibility index (Phi) is 2.36. The summed E-state index contributed by atoms with van der Waals surface area (Å²) in [5.74, 6) is -0.207. The Bertz CT molecular complexity index is 620. The van der Waals surface area contributed by atoms with Crippen LogP contribution in [0.3, 0.4) is 0 Å². The summed E-state index contributed by atoms with van der Waals surface area (Å²) in [6.07, 6.45) is 4.68. The fourth-order valence-electron chi connectivity index (χ4n) is 2.97. The van der Waals surface area contributed by atoms with Crippen molar-refractivity contribution in [2.24, 2.45) is 0 Å². The highest BCUT2D eigenvalue weighted by atomic mass is 32.1. The lowest BCUT2D eigenvalue weighted by Crippen LogP contribution is -2.26. The summed E-state index contributed by atoms with van der Waals surface area (Å²) in [4.78, 5) is 3.17. The molecule has 1 aromatic heterocycles. The van der Waals surface area contributed by atoms with Crippen molar-refractivity contribution in [1.29, 1.82) is 0 Å². The number of hydrogen-bond acceptors (Lipinski definition) is 1. The van der Waals surface area contributed by atoms with Crippen molar-refractivity contribution >= 4 is 23.3 Å². The van der Waals surface area contributed by atoms with E-state index >= 15 is 0 Å². The molecule has 0 spiro atoms. The normalized spacial score (nSPS) is 18.9. The first-order valence-corrected chi connectivity index (χ1v) is 6.42. The van der Waals surface area contributed by atoms with Crippen LogP contribution in [0.15, 0.2) is 18.2 Å².